The van der Waals surface area contributed by atoms with E-state index in [9.17, 15) is 4.79 Å². The molecule has 1 heterocycles. The van der Waals surface area contributed by atoms with Crippen molar-refractivity contribution in [2.75, 3.05) is 26.9 Å². The van der Waals surface area contributed by atoms with E-state index in [1.807, 2.05) is 18.2 Å². The summed E-state index contributed by atoms with van der Waals surface area (Å²) >= 11 is 0. The Morgan fingerprint density at radius 3 is 2.68 bits per heavy atom. The van der Waals surface area contributed by atoms with Crippen molar-refractivity contribution in [3.8, 4) is 5.75 Å². The zero-order valence-corrected chi connectivity index (χ0v) is 18.8. The predicted molar refractivity (Wildman–Crippen MR) is 124 cm³/mol. The van der Waals surface area contributed by atoms with Gasteiger partial charge in [-0.25, -0.2) is 4.98 Å². The van der Waals surface area contributed by atoms with Crippen LogP contribution in [0.5, 0.6) is 5.75 Å². The highest BCUT2D eigenvalue weighted by atomic mass is 16.5. The first-order valence-electron chi connectivity index (χ1n) is 11.0. The first kappa shape index (κ1) is 22.8. The number of carbonyl (C=O) groups is 1. The third kappa shape index (κ3) is 6.31. The molecule has 0 radical (unpaired) electrons. The largest absolute Gasteiger partial charge is 0.494 e. The van der Waals surface area contributed by atoms with Crippen molar-refractivity contribution in [2.45, 2.75) is 45.6 Å². The van der Waals surface area contributed by atoms with E-state index in [0.717, 1.165) is 42.0 Å². The molecule has 0 spiro atoms. The summed E-state index contributed by atoms with van der Waals surface area (Å²) in [4.78, 5) is 16.4. The molecule has 0 saturated heterocycles. The number of nitrogens with zero attached hydrogens (tertiary/aromatic N) is 2. The Morgan fingerprint density at radius 2 is 1.94 bits per heavy atom. The number of hydrogen-bond acceptors (Lipinski definition) is 4. The first-order chi connectivity index (χ1) is 15.1. The monoisotopic (exact) mass is 423 g/mol. The second kappa shape index (κ2) is 11.5. The molecule has 0 aliphatic rings. The Balaban J connectivity index is 1.56. The van der Waals surface area contributed by atoms with Crippen molar-refractivity contribution in [3.63, 3.8) is 0 Å². The fourth-order valence-corrected chi connectivity index (χ4v) is 3.60. The summed E-state index contributed by atoms with van der Waals surface area (Å²) in [5, 5.41) is 2.87. The molecule has 2 aromatic carbocycles. The van der Waals surface area contributed by atoms with Crippen LogP contribution in [0, 0.1) is 0 Å². The molecular weight excluding hydrogens is 390 g/mol. The van der Waals surface area contributed by atoms with Crippen LogP contribution in [0.15, 0.2) is 48.5 Å². The molecule has 3 aromatic rings. The van der Waals surface area contributed by atoms with Crippen molar-refractivity contribution in [3.05, 3.63) is 59.9 Å². The summed E-state index contributed by atoms with van der Waals surface area (Å²) < 4.78 is 13.0. The van der Waals surface area contributed by atoms with E-state index in [4.69, 9.17) is 14.5 Å². The molecule has 0 aliphatic heterocycles. The highest BCUT2D eigenvalue weighted by Gasteiger charge is 2.11. The number of aryl methyl sites for hydroxylation is 1. The first-order valence-corrected chi connectivity index (χ1v) is 11.0. The fraction of sp³-hybridized carbons (Fsp3) is 0.440. The number of ether oxygens (including phenoxy) is 2. The Hall–Kier alpha value is -2.86. The van der Waals surface area contributed by atoms with Gasteiger partial charge >= 0.3 is 0 Å². The maximum atomic E-state index is 11.6. The van der Waals surface area contributed by atoms with E-state index in [0.29, 0.717) is 25.5 Å². The third-order valence-corrected chi connectivity index (χ3v) is 5.54. The van der Waals surface area contributed by atoms with Gasteiger partial charge in [-0.15, -0.1) is 0 Å². The average molecular weight is 424 g/mol. The number of imidazole rings is 1. The summed E-state index contributed by atoms with van der Waals surface area (Å²) in [6.45, 7) is 6.51. The topological polar surface area (TPSA) is 65.4 Å². The third-order valence-electron chi connectivity index (χ3n) is 5.54. The molecule has 31 heavy (non-hydrogen) atoms. The minimum absolute atomic E-state index is 0.0755. The molecule has 0 aliphatic carbocycles. The van der Waals surface area contributed by atoms with Crippen molar-refractivity contribution in [1.82, 2.24) is 14.9 Å². The zero-order valence-electron chi connectivity index (χ0n) is 18.8. The van der Waals surface area contributed by atoms with Crippen LogP contribution in [0.25, 0.3) is 11.0 Å². The van der Waals surface area contributed by atoms with Gasteiger partial charge in [-0.1, -0.05) is 38.1 Å². The van der Waals surface area contributed by atoms with Gasteiger partial charge in [0, 0.05) is 26.6 Å². The Bertz CT molecular complexity index is 966. The number of nitrogens with one attached hydrogen (secondary N) is 1. The van der Waals surface area contributed by atoms with Gasteiger partial charge < -0.3 is 19.4 Å². The van der Waals surface area contributed by atoms with Gasteiger partial charge in [0.15, 0.2) is 0 Å². The maximum Gasteiger partial charge on any atom is 0.245 e. The van der Waals surface area contributed by atoms with E-state index in [1.165, 1.54) is 12.7 Å². The number of aromatic nitrogens is 2. The highest BCUT2D eigenvalue weighted by Crippen LogP contribution is 2.22. The SMILES string of the molecule is CCC(C)c1ccc(OCCCn2c(CCNC(=O)COC)nc3ccccc32)cc1. The summed E-state index contributed by atoms with van der Waals surface area (Å²) in [7, 11) is 1.52. The summed E-state index contributed by atoms with van der Waals surface area (Å²) in [5.41, 5.74) is 3.43. The smallest absolute Gasteiger partial charge is 0.245 e. The molecule has 3 rings (SSSR count). The predicted octanol–water partition coefficient (Wildman–Crippen LogP) is 4.32. The van der Waals surface area contributed by atoms with Gasteiger partial charge in [0.25, 0.3) is 0 Å². The van der Waals surface area contributed by atoms with Crippen LogP contribution < -0.4 is 10.1 Å². The van der Waals surface area contributed by atoms with Gasteiger partial charge in [-0.3, -0.25) is 4.79 Å². The van der Waals surface area contributed by atoms with Crippen molar-refractivity contribution >= 4 is 16.9 Å². The van der Waals surface area contributed by atoms with Gasteiger partial charge in [0.2, 0.25) is 5.91 Å². The lowest BCUT2D eigenvalue weighted by Gasteiger charge is -2.12. The number of rotatable bonds is 12. The van der Waals surface area contributed by atoms with Gasteiger partial charge in [0.05, 0.1) is 17.6 Å². The van der Waals surface area contributed by atoms with Gasteiger partial charge in [0.1, 0.15) is 18.2 Å². The molecule has 1 N–H and O–H groups in total. The van der Waals surface area contributed by atoms with Crippen LogP contribution in [0.2, 0.25) is 0 Å². The molecule has 6 nitrogen and oxygen atoms in total. The molecule has 0 bridgehead atoms. The minimum Gasteiger partial charge on any atom is -0.494 e. The van der Waals surface area contributed by atoms with Crippen molar-refractivity contribution in [2.24, 2.45) is 0 Å². The molecule has 6 heteroatoms. The zero-order chi connectivity index (χ0) is 22.1. The maximum absolute atomic E-state index is 11.6. The molecule has 1 amide bonds. The minimum atomic E-state index is -0.113. The molecular formula is C25H33N3O3. The van der Waals surface area contributed by atoms with Crippen LogP contribution in [-0.2, 0) is 22.5 Å². The number of hydrogen-bond donors (Lipinski definition) is 1. The highest BCUT2D eigenvalue weighted by molar-refractivity contribution is 5.77. The normalized spacial score (nSPS) is 12.1. The number of methoxy groups -OCH3 is 1. The second-order valence-electron chi connectivity index (χ2n) is 7.78. The molecule has 0 saturated carbocycles. The summed E-state index contributed by atoms with van der Waals surface area (Å²) in [5.74, 6) is 2.33. The van der Waals surface area contributed by atoms with E-state index in [2.05, 4.69) is 54.1 Å². The Labute approximate surface area is 184 Å². The number of carbonyl (C=O) groups excluding carboxylic acids is 1. The van der Waals surface area contributed by atoms with Crippen LogP contribution >= 0.6 is 0 Å². The Kier molecular flexibility index (Phi) is 8.47. The van der Waals surface area contributed by atoms with Crippen LogP contribution in [0.3, 0.4) is 0 Å². The fourth-order valence-electron chi connectivity index (χ4n) is 3.60. The second-order valence-corrected chi connectivity index (χ2v) is 7.78. The number of amides is 1. The standard InChI is InChI=1S/C25H33N3O3/c1-4-19(2)20-10-12-21(13-11-20)31-17-7-16-28-23-9-6-5-8-22(23)27-24(28)14-15-26-25(29)18-30-3/h5-6,8-13,19H,4,7,14-18H2,1-3H3,(H,26,29). The van der Waals surface area contributed by atoms with Gasteiger partial charge in [-0.2, -0.15) is 0 Å². The summed E-state index contributed by atoms with van der Waals surface area (Å²) in [6, 6.07) is 16.6. The molecule has 1 unspecified atom stereocenters. The van der Waals surface area contributed by atoms with E-state index in [-0.39, 0.29) is 12.5 Å². The number of para-hydroxylation sites is 2. The van der Waals surface area contributed by atoms with E-state index >= 15 is 0 Å². The van der Waals surface area contributed by atoms with Crippen molar-refractivity contribution < 1.29 is 14.3 Å². The summed E-state index contributed by atoms with van der Waals surface area (Å²) in [6.07, 6.45) is 2.68. The molecule has 0 fully saturated rings. The lowest BCUT2D eigenvalue weighted by atomic mass is 9.99. The quantitative estimate of drug-likeness (QED) is 0.441. The van der Waals surface area contributed by atoms with Crippen LogP contribution in [0.4, 0.5) is 0 Å². The number of fused-ring (bicyclic) bond motifs is 1. The lowest BCUT2D eigenvalue weighted by Crippen LogP contribution is -2.29. The van der Waals surface area contributed by atoms with Crippen LogP contribution in [0.1, 0.15) is 44.0 Å². The lowest BCUT2D eigenvalue weighted by molar-refractivity contribution is -0.124. The van der Waals surface area contributed by atoms with E-state index in [1.54, 1.807) is 0 Å². The van der Waals surface area contributed by atoms with Crippen LogP contribution in [-0.4, -0.2) is 42.3 Å². The molecule has 1 atom stereocenters. The molecule has 166 valence electrons. The molecule has 1 aromatic heterocycles. The number of benzene rings is 2. The Morgan fingerprint density at radius 1 is 1.16 bits per heavy atom. The van der Waals surface area contributed by atoms with E-state index < -0.39 is 0 Å². The van der Waals surface area contributed by atoms with Crippen molar-refractivity contribution in [1.29, 1.82) is 0 Å². The average Bonchev–Trinajstić information content (AvgIpc) is 3.14. The van der Waals surface area contributed by atoms with Gasteiger partial charge in [-0.05, 0) is 48.6 Å².